The van der Waals surface area contributed by atoms with E-state index in [2.05, 4.69) is 10.1 Å². The molecule has 30 heavy (non-hydrogen) atoms. The predicted octanol–water partition coefficient (Wildman–Crippen LogP) is 1.47. The lowest BCUT2D eigenvalue weighted by Crippen LogP contribution is -2.43. The fourth-order valence-electron chi connectivity index (χ4n) is 4.57. The Balaban J connectivity index is 0.00000256. The molecule has 1 aromatic rings. The molecule has 4 heterocycles. The van der Waals surface area contributed by atoms with Crippen LogP contribution in [0.25, 0.3) is 0 Å². The van der Waals surface area contributed by atoms with Gasteiger partial charge in [-0.05, 0) is 37.9 Å². The van der Waals surface area contributed by atoms with E-state index in [0.29, 0.717) is 18.0 Å². The van der Waals surface area contributed by atoms with Gasteiger partial charge >= 0.3 is 0 Å². The molecule has 9 nitrogen and oxygen atoms in total. The molecule has 0 saturated carbocycles. The SMILES string of the molecule is CC(C)[C@H]1C(=O)N(S(C)(=O)=O)C2=CCN(C(=O)c3cc(CN4CCCC4)on3)[C@@H]21.Cl. The van der Waals surface area contributed by atoms with Crippen LogP contribution in [0.4, 0.5) is 0 Å². The molecule has 0 aliphatic carbocycles. The van der Waals surface area contributed by atoms with Crippen molar-refractivity contribution in [2.45, 2.75) is 39.3 Å². The van der Waals surface area contributed by atoms with E-state index in [9.17, 15) is 18.0 Å². The van der Waals surface area contributed by atoms with Gasteiger partial charge in [-0.1, -0.05) is 19.0 Å². The summed E-state index contributed by atoms with van der Waals surface area (Å²) in [6.07, 6.45) is 4.98. The molecule has 0 bridgehead atoms. The molecule has 1 aromatic heterocycles. The van der Waals surface area contributed by atoms with Crippen molar-refractivity contribution in [3.8, 4) is 0 Å². The quantitative estimate of drug-likeness (QED) is 0.658. The zero-order chi connectivity index (χ0) is 20.9. The number of carbonyl (C=O) groups excluding carboxylic acids is 2. The molecule has 2 fully saturated rings. The van der Waals surface area contributed by atoms with Crippen molar-refractivity contribution < 1.29 is 22.5 Å². The third kappa shape index (κ3) is 3.88. The Hall–Kier alpha value is -1.91. The third-order valence-electron chi connectivity index (χ3n) is 5.86. The van der Waals surface area contributed by atoms with E-state index < -0.39 is 27.9 Å². The van der Waals surface area contributed by atoms with Crippen LogP contribution >= 0.6 is 12.4 Å². The highest BCUT2D eigenvalue weighted by Crippen LogP contribution is 2.41. The fourth-order valence-corrected chi connectivity index (χ4v) is 5.59. The number of likely N-dealkylation sites (tertiary alicyclic amines) is 1. The lowest BCUT2D eigenvalue weighted by molar-refractivity contribution is -0.128. The molecule has 0 spiro atoms. The van der Waals surface area contributed by atoms with Gasteiger partial charge in [0.1, 0.15) is 0 Å². The predicted molar refractivity (Wildman–Crippen MR) is 111 cm³/mol. The molecule has 11 heteroatoms. The molecule has 3 aliphatic rings. The Morgan fingerprint density at radius 2 is 1.97 bits per heavy atom. The second-order valence-corrected chi connectivity index (χ2v) is 10.2. The first-order chi connectivity index (χ1) is 13.7. The summed E-state index contributed by atoms with van der Waals surface area (Å²) in [4.78, 5) is 29.8. The van der Waals surface area contributed by atoms with Crippen molar-refractivity contribution >= 4 is 34.2 Å². The lowest BCUT2D eigenvalue weighted by atomic mass is 9.89. The van der Waals surface area contributed by atoms with Gasteiger partial charge in [0.25, 0.3) is 5.91 Å². The topological polar surface area (TPSA) is 104 Å². The summed E-state index contributed by atoms with van der Waals surface area (Å²) in [6, 6.07) is 1.04. The zero-order valence-corrected chi connectivity index (χ0v) is 18.9. The molecule has 2 atom stereocenters. The van der Waals surface area contributed by atoms with Gasteiger partial charge in [0, 0.05) is 12.6 Å². The average Bonchev–Trinajstić information content (AvgIpc) is 3.37. The number of nitrogens with zero attached hydrogens (tertiary/aromatic N) is 4. The van der Waals surface area contributed by atoms with Gasteiger partial charge in [0.05, 0.1) is 30.5 Å². The molecule has 0 aromatic carbocycles. The second kappa shape index (κ2) is 8.32. The van der Waals surface area contributed by atoms with Crippen LogP contribution in [0.1, 0.15) is 42.9 Å². The number of aromatic nitrogens is 1. The van der Waals surface area contributed by atoms with Gasteiger partial charge in [-0.2, -0.15) is 0 Å². The number of carbonyl (C=O) groups is 2. The Labute approximate surface area is 182 Å². The Bertz CT molecular complexity index is 967. The summed E-state index contributed by atoms with van der Waals surface area (Å²) in [5.74, 6) is -0.946. The third-order valence-corrected chi connectivity index (χ3v) is 6.92. The monoisotopic (exact) mass is 458 g/mol. The van der Waals surface area contributed by atoms with E-state index in [0.717, 1.165) is 36.5 Å². The number of hydrogen-bond acceptors (Lipinski definition) is 7. The van der Waals surface area contributed by atoms with Gasteiger partial charge in [-0.15, -0.1) is 12.4 Å². The van der Waals surface area contributed by atoms with E-state index in [1.807, 2.05) is 13.8 Å². The first-order valence-corrected chi connectivity index (χ1v) is 11.8. The van der Waals surface area contributed by atoms with Crippen molar-refractivity contribution in [3.63, 3.8) is 0 Å². The molecular formula is C19H27ClN4O5S. The van der Waals surface area contributed by atoms with E-state index in [4.69, 9.17) is 4.52 Å². The fraction of sp³-hybridized carbons (Fsp3) is 0.632. The number of amides is 2. The minimum absolute atomic E-state index is 0. The van der Waals surface area contributed by atoms with Gasteiger partial charge in [0.15, 0.2) is 11.5 Å². The minimum Gasteiger partial charge on any atom is -0.359 e. The Kier molecular flexibility index (Phi) is 6.31. The first kappa shape index (κ1) is 22.8. The first-order valence-electron chi connectivity index (χ1n) is 9.91. The Morgan fingerprint density at radius 3 is 2.57 bits per heavy atom. The molecule has 0 unspecified atom stereocenters. The minimum atomic E-state index is -3.76. The number of halogens is 1. The summed E-state index contributed by atoms with van der Waals surface area (Å²) >= 11 is 0. The smallest absolute Gasteiger partial charge is 0.276 e. The van der Waals surface area contributed by atoms with Crippen LogP contribution in [0.2, 0.25) is 0 Å². The van der Waals surface area contributed by atoms with Crippen molar-refractivity contribution in [3.05, 3.63) is 29.3 Å². The highest BCUT2D eigenvalue weighted by atomic mass is 35.5. The van der Waals surface area contributed by atoms with E-state index in [-0.39, 0.29) is 36.5 Å². The van der Waals surface area contributed by atoms with Crippen LogP contribution in [0.5, 0.6) is 0 Å². The van der Waals surface area contributed by atoms with Crippen LogP contribution in [0.3, 0.4) is 0 Å². The normalized spacial score (nSPS) is 24.4. The number of sulfonamides is 1. The van der Waals surface area contributed by atoms with Gasteiger partial charge in [-0.3, -0.25) is 14.5 Å². The van der Waals surface area contributed by atoms with E-state index in [1.54, 1.807) is 12.1 Å². The second-order valence-electron chi connectivity index (χ2n) is 8.33. The van der Waals surface area contributed by atoms with Crippen LogP contribution < -0.4 is 0 Å². The maximum absolute atomic E-state index is 13.1. The van der Waals surface area contributed by atoms with Gasteiger partial charge in [0.2, 0.25) is 15.9 Å². The van der Waals surface area contributed by atoms with E-state index in [1.165, 1.54) is 4.90 Å². The van der Waals surface area contributed by atoms with Crippen molar-refractivity contribution in [1.82, 2.24) is 19.3 Å². The molecule has 3 aliphatic heterocycles. The summed E-state index contributed by atoms with van der Waals surface area (Å²) in [6.45, 7) is 6.57. The molecule has 2 saturated heterocycles. The molecule has 4 rings (SSSR count). The number of fused-ring (bicyclic) bond motifs is 1. The van der Waals surface area contributed by atoms with Gasteiger partial charge < -0.3 is 9.42 Å². The van der Waals surface area contributed by atoms with Crippen LogP contribution in [0, 0.1) is 11.8 Å². The maximum atomic E-state index is 13.1. The molecule has 0 radical (unpaired) electrons. The molecule has 2 amide bonds. The summed E-state index contributed by atoms with van der Waals surface area (Å²) in [7, 11) is -3.76. The molecule has 0 N–H and O–H groups in total. The van der Waals surface area contributed by atoms with Crippen molar-refractivity contribution in [2.24, 2.45) is 11.8 Å². The summed E-state index contributed by atoms with van der Waals surface area (Å²) in [5, 5.41) is 3.94. The standard InChI is InChI=1S/C19H26N4O5S.ClH/c1-12(2)16-17-15(23(19(16)25)29(3,26)27)6-9-22(17)18(24)14-10-13(28-20-14)11-21-7-4-5-8-21;/h6,10,12,16-17H,4-5,7-9,11H2,1-3H3;1H/t16-,17+;/m1./s1. The van der Waals surface area contributed by atoms with Crippen LogP contribution in [-0.2, 0) is 21.4 Å². The Morgan fingerprint density at radius 1 is 1.30 bits per heavy atom. The maximum Gasteiger partial charge on any atom is 0.276 e. The van der Waals surface area contributed by atoms with Gasteiger partial charge in [-0.25, -0.2) is 12.7 Å². The highest BCUT2D eigenvalue weighted by Gasteiger charge is 2.55. The number of hydrogen-bond donors (Lipinski definition) is 0. The average molecular weight is 459 g/mol. The van der Waals surface area contributed by atoms with Crippen molar-refractivity contribution in [2.75, 3.05) is 25.9 Å². The van der Waals surface area contributed by atoms with Crippen molar-refractivity contribution in [1.29, 1.82) is 0 Å². The highest BCUT2D eigenvalue weighted by molar-refractivity contribution is 7.89. The summed E-state index contributed by atoms with van der Waals surface area (Å²) in [5.41, 5.74) is 0.548. The largest absolute Gasteiger partial charge is 0.359 e. The summed E-state index contributed by atoms with van der Waals surface area (Å²) < 4.78 is 30.6. The number of rotatable bonds is 5. The zero-order valence-electron chi connectivity index (χ0n) is 17.3. The lowest BCUT2D eigenvalue weighted by Gasteiger charge is -2.28. The molecular weight excluding hydrogens is 432 g/mol. The van der Waals surface area contributed by atoms with Crippen LogP contribution in [-0.4, -0.2) is 71.4 Å². The van der Waals surface area contributed by atoms with Crippen LogP contribution in [0.15, 0.2) is 22.4 Å². The molecule has 166 valence electrons. The van der Waals surface area contributed by atoms with E-state index >= 15 is 0 Å².